The summed E-state index contributed by atoms with van der Waals surface area (Å²) < 4.78 is 49.5. The third kappa shape index (κ3) is 4.65. The molecule has 160 valence electrons. The number of allylic oxidation sites excluding steroid dienone is 2. The minimum atomic E-state index is -4.88. The molecule has 0 saturated heterocycles. The number of ketones is 2. The molecule has 0 N–H and O–H groups in total. The van der Waals surface area contributed by atoms with E-state index in [4.69, 9.17) is 9.47 Å². The summed E-state index contributed by atoms with van der Waals surface area (Å²) in [4.78, 5) is 36.2. The molecule has 10 heteroatoms. The second-order valence-corrected chi connectivity index (χ2v) is 6.21. The molecule has 7 nitrogen and oxygen atoms in total. The lowest BCUT2D eigenvalue weighted by molar-refractivity contribution is -0.501. The van der Waals surface area contributed by atoms with E-state index in [2.05, 4.69) is 6.58 Å². The number of nitrogens with zero attached hydrogens (tertiary/aromatic N) is 1. The van der Waals surface area contributed by atoms with E-state index in [-0.39, 0.29) is 12.2 Å². The van der Waals surface area contributed by atoms with Crippen molar-refractivity contribution in [1.82, 2.24) is 0 Å². The minimum Gasteiger partial charge on any atom is -0.497 e. The molecule has 0 fully saturated rings. The summed E-state index contributed by atoms with van der Waals surface area (Å²) in [5, 5.41) is 11.5. The van der Waals surface area contributed by atoms with Gasteiger partial charge >= 0.3 is 6.18 Å². The molecule has 0 radical (unpaired) electrons. The molecule has 0 bridgehead atoms. The fourth-order valence-corrected chi connectivity index (χ4v) is 2.94. The molecule has 2 atom stereocenters. The Morgan fingerprint density at radius 3 is 2.27 bits per heavy atom. The number of Topliss-reactive ketones (excluding diaryl/α,β-unsaturated/α-hetero) is 2. The van der Waals surface area contributed by atoms with E-state index < -0.39 is 51.5 Å². The van der Waals surface area contributed by atoms with Gasteiger partial charge in [-0.3, -0.25) is 19.7 Å². The predicted octanol–water partition coefficient (Wildman–Crippen LogP) is 3.48. The maximum atomic E-state index is 13.1. The van der Waals surface area contributed by atoms with E-state index in [0.717, 1.165) is 0 Å². The predicted molar refractivity (Wildman–Crippen MR) is 99.9 cm³/mol. The van der Waals surface area contributed by atoms with Crippen LogP contribution in [0.15, 0.2) is 59.7 Å². The van der Waals surface area contributed by atoms with Crippen LogP contribution in [0.4, 0.5) is 13.2 Å². The summed E-state index contributed by atoms with van der Waals surface area (Å²) >= 11 is 0. The fraction of sp³-hybridized carbons (Fsp3) is 0.300. The van der Waals surface area contributed by atoms with E-state index in [9.17, 15) is 32.9 Å². The highest BCUT2D eigenvalue weighted by atomic mass is 19.4. The quantitative estimate of drug-likeness (QED) is 0.274. The van der Waals surface area contributed by atoms with E-state index in [1.54, 1.807) is 0 Å². The molecule has 0 amide bonds. The van der Waals surface area contributed by atoms with Gasteiger partial charge in [0, 0.05) is 22.7 Å². The summed E-state index contributed by atoms with van der Waals surface area (Å²) in [6.45, 7) is 4.58. The number of hydrogen-bond acceptors (Lipinski definition) is 6. The zero-order valence-electron chi connectivity index (χ0n) is 16.1. The number of halogens is 3. The van der Waals surface area contributed by atoms with Crippen LogP contribution in [0.1, 0.15) is 17.3 Å². The van der Waals surface area contributed by atoms with E-state index in [1.807, 2.05) is 0 Å². The number of nitro groups is 1. The molecular formula is C20H18F3NO6. The molecule has 0 aromatic heterocycles. The highest BCUT2D eigenvalue weighted by molar-refractivity contribution is 6.19. The van der Waals surface area contributed by atoms with Crippen molar-refractivity contribution in [3.05, 3.63) is 75.4 Å². The summed E-state index contributed by atoms with van der Waals surface area (Å²) in [6.07, 6.45) is -5.41. The second kappa shape index (κ2) is 9.04. The Kier molecular flexibility index (Phi) is 6.93. The molecule has 0 spiro atoms. The maximum Gasteiger partial charge on any atom is 0.416 e. The third-order valence-corrected chi connectivity index (χ3v) is 4.39. The number of carbonyl (C=O) groups excluding carboxylic acids is 2. The standard InChI is InChI=1S/C20H18F3NO6/c1-4-30-19(17(25)12-5-7-13(29-3)8-6-12)18(26)14-9-10-15(20(21,22)23)11(2)16(14)24(27)28/h5-10,16,19H,2,4H2,1,3H3. The average Bonchev–Trinajstić information content (AvgIpc) is 2.69. The summed E-state index contributed by atoms with van der Waals surface area (Å²) in [5.41, 5.74) is -2.74. The highest BCUT2D eigenvalue weighted by Crippen LogP contribution is 2.37. The molecular weight excluding hydrogens is 407 g/mol. The van der Waals surface area contributed by atoms with Crippen molar-refractivity contribution in [3.63, 3.8) is 0 Å². The Hall–Kier alpha value is -3.27. The lowest BCUT2D eigenvalue weighted by Crippen LogP contribution is -2.41. The van der Waals surface area contributed by atoms with Crippen LogP contribution in [0.3, 0.4) is 0 Å². The summed E-state index contributed by atoms with van der Waals surface area (Å²) in [6, 6.07) is 3.55. The van der Waals surface area contributed by atoms with Gasteiger partial charge in [0.05, 0.1) is 18.3 Å². The first-order valence-corrected chi connectivity index (χ1v) is 8.68. The zero-order valence-corrected chi connectivity index (χ0v) is 16.1. The van der Waals surface area contributed by atoms with Crippen LogP contribution in [-0.4, -0.2) is 48.5 Å². The van der Waals surface area contributed by atoms with Gasteiger partial charge in [-0.2, -0.15) is 13.2 Å². The van der Waals surface area contributed by atoms with E-state index >= 15 is 0 Å². The van der Waals surface area contributed by atoms with Crippen molar-refractivity contribution < 1.29 is 37.2 Å². The van der Waals surface area contributed by atoms with Gasteiger partial charge in [-0.1, -0.05) is 6.58 Å². The number of hydrogen-bond donors (Lipinski definition) is 0. The van der Waals surface area contributed by atoms with Crippen LogP contribution in [0.25, 0.3) is 0 Å². The molecule has 0 heterocycles. The normalized spacial score (nSPS) is 17.6. The van der Waals surface area contributed by atoms with Gasteiger partial charge in [-0.15, -0.1) is 0 Å². The summed E-state index contributed by atoms with van der Waals surface area (Å²) in [7, 11) is 1.42. The van der Waals surface area contributed by atoms with Crippen molar-refractivity contribution in [2.24, 2.45) is 0 Å². The monoisotopic (exact) mass is 425 g/mol. The number of rotatable bonds is 8. The van der Waals surface area contributed by atoms with Gasteiger partial charge in [0.25, 0.3) is 6.04 Å². The van der Waals surface area contributed by atoms with Crippen molar-refractivity contribution >= 4 is 11.6 Å². The van der Waals surface area contributed by atoms with E-state index in [0.29, 0.717) is 17.9 Å². The lowest BCUT2D eigenvalue weighted by atomic mass is 9.84. The molecule has 1 aromatic rings. The SMILES string of the molecule is C=C1C(C(F)(F)F)=CC=C(C(=O)C(OCC)C(=O)c2ccc(OC)cc2)C1[N+](=O)[O-]. The maximum absolute atomic E-state index is 13.1. The van der Waals surface area contributed by atoms with E-state index in [1.165, 1.54) is 38.3 Å². The molecule has 2 rings (SSSR count). The smallest absolute Gasteiger partial charge is 0.416 e. The molecule has 0 aliphatic heterocycles. The first-order valence-electron chi connectivity index (χ1n) is 8.68. The van der Waals surface area contributed by atoms with Crippen molar-refractivity contribution in [2.75, 3.05) is 13.7 Å². The van der Waals surface area contributed by atoms with Crippen LogP contribution in [0.5, 0.6) is 5.75 Å². The second-order valence-electron chi connectivity index (χ2n) is 6.21. The number of carbonyl (C=O) groups is 2. The van der Waals surface area contributed by atoms with Gasteiger partial charge in [-0.05, 0) is 43.3 Å². The Morgan fingerprint density at radius 1 is 1.20 bits per heavy atom. The van der Waals surface area contributed by atoms with Gasteiger partial charge in [0.15, 0.2) is 11.9 Å². The van der Waals surface area contributed by atoms with Gasteiger partial charge in [-0.25, -0.2) is 0 Å². The number of benzene rings is 1. The van der Waals surface area contributed by atoms with Crippen LogP contribution in [-0.2, 0) is 9.53 Å². The van der Waals surface area contributed by atoms with Crippen LogP contribution in [0, 0.1) is 10.1 Å². The highest BCUT2D eigenvalue weighted by Gasteiger charge is 2.47. The fourth-order valence-electron chi connectivity index (χ4n) is 2.94. The topological polar surface area (TPSA) is 95.7 Å². The van der Waals surface area contributed by atoms with Crippen molar-refractivity contribution in [3.8, 4) is 5.75 Å². The minimum absolute atomic E-state index is 0.0713. The molecule has 0 saturated carbocycles. The Balaban J connectivity index is 2.46. The van der Waals surface area contributed by atoms with Gasteiger partial charge in [0.1, 0.15) is 5.75 Å². The average molecular weight is 425 g/mol. The molecule has 1 aliphatic carbocycles. The van der Waals surface area contributed by atoms with Crippen molar-refractivity contribution in [2.45, 2.75) is 25.2 Å². The largest absolute Gasteiger partial charge is 0.497 e. The number of ether oxygens (including phenoxy) is 2. The summed E-state index contributed by atoms with van der Waals surface area (Å²) in [5.74, 6) is -1.43. The Labute approximate surface area is 169 Å². The van der Waals surface area contributed by atoms with Crippen molar-refractivity contribution in [1.29, 1.82) is 0 Å². The zero-order chi connectivity index (χ0) is 22.6. The van der Waals surface area contributed by atoms with Crippen LogP contribution in [0.2, 0.25) is 0 Å². The lowest BCUT2D eigenvalue weighted by Gasteiger charge is -2.24. The molecule has 30 heavy (non-hydrogen) atoms. The Morgan fingerprint density at radius 2 is 1.80 bits per heavy atom. The van der Waals surface area contributed by atoms with Gasteiger partial charge < -0.3 is 9.47 Å². The third-order valence-electron chi connectivity index (χ3n) is 4.39. The number of alkyl halides is 3. The van der Waals surface area contributed by atoms with Crippen LogP contribution < -0.4 is 4.74 Å². The first kappa shape index (κ1) is 23.0. The van der Waals surface area contributed by atoms with Crippen LogP contribution >= 0.6 is 0 Å². The van der Waals surface area contributed by atoms with Gasteiger partial charge in [0.2, 0.25) is 5.78 Å². The number of methoxy groups -OCH3 is 1. The molecule has 1 aromatic carbocycles. The first-order chi connectivity index (χ1) is 14.0. The molecule has 1 aliphatic rings. The molecule has 2 unspecified atom stereocenters. The Bertz CT molecular complexity index is 931.